The molecule has 1 atom stereocenters. The van der Waals surface area contributed by atoms with Crippen LogP contribution in [0.2, 0.25) is 0 Å². The fourth-order valence-electron chi connectivity index (χ4n) is 4.30. The number of benzene rings is 1. The monoisotopic (exact) mass is 367 g/mol. The van der Waals surface area contributed by atoms with E-state index in [-0.39, 0.29) is 0 Å². The molecule has 0 fully saturated rings. The number of methoxy groups -OCH3 is 1. The molecule has 1 N–H and O–H groups in total. The van der Waals surface area contributed by atoms with Crippen molar-refractivity contribution < 1.29 is 19.4 Å². The van der Waals surface area contributed by atoms with Crippen LogP contribution < -0.4 is 4.74 Å². The lowest BCUT2D eigenvalue weighted by Crippen LogP contribution is -2.20. The molecular formula is C22H25NO4. The van der Waals surface area contributed by atoms with Gasteiger partial charge in [-0.2, -0.15) is 0 Å². The summed E-state index contributed by atoms with van der Waals surface area (Å²) in [6.45, 7) is 2.61. The van der Waals surface area contributed by atoms with Crippen LogP contribution in [0.5, 0.6) is 5.75 Å². The van der Waals surface area contributed by atoms with Gasteiger partial charge >= 0.3 is 5.97 Å². The summed E-state index contributed by atoms with van der Waals surface area (Å²) < 4.78 is 10.6. The van der Waals surface area contributed by atoms with Crippen molar-refractivity contribution in [2.75, 3.05) is 13.7 Å². The Labute approximate surface area is 159 Å². The van der Waals surface area contributed by atoms with Crippen LogP contribution in [-0.4, -0.2) is 29.8 Å². The van der Waals surface area contributed by atoms with Gasteiger partial charge < -0.3 is 14.6 Å². The number of carbonyl (C=O) groups excluding carboxylic acids is 1. The number of aliphatic hydroxyl groups excluding tert-OH is 1. The number of nitrogens with zero attached hydrogens (tertiary/aromatic N) is 1. The number of aryl methyl sites for hydroxylation is 3. The molecule has 5 heteroatoms. The first-order valence-corrected chi connectivity index (χ1v) is 9.64. The predicted octanol–water partition coefficient (Wildman–Crippen LogP) is 3.47. The van der Waals surface area contributed by atoms with Gasteiger partial charge in [-0.3, -0.25) is 4.98 Å². The van der Waals surface area contributed by atoms with Crippen LogP contribution in [0.4, 0.5) is 0 Å². The summed E-state index contributed by atoms with van der Waals surface area (Å²) in [7, 11) is 1.29. The molecule has 0 spiro atoms. The summed E-state index contributed by atoms with van der Waals surface area (Å²) in [5.74, 6) is 0.276. The van der Waals surface area contributed by atoms with Gasteiger partial charge in [-0.05, 0) is 79.8 Å². The minimum atomic E-state index is -1.34. The first kappa shape index (κ1) is 18.0. The Morgan fingerprint density at radius 2 is 2.04 bits per heavy atom. The summed E-state index contributed by atoms with van der Waals surface area (Å²) in [5, 5.41) is 10.7. The minimum absolute atomic E-state index is 0.569. The number of aromatic nitrogens is 1. The van der Waals surface area contributed by atoms with Crippen molar-refractivity contribution in [3.8, 4) is 16.9 Å². The van der Waals surface area contributed by atoms with Gasteiger partial charge in [0, 0.05) is 17.0 Å². The van der Waals surface area contributed by atoms with Crippen molar-refractivity contribution in [3.63, 3.8) is 0 Å². The number of pyridine rings is 1. The summed E-state index contributed by atoms with van der Waals surface area (Å²) in [4.78, 5) is 16.9. The fraction of sp³-hybridized carbons (Fsp3) is 0.455. The molecule has 1 aliphatic heterocycles. The molecule has 0 amide bonds. The lowest BCUT2D eigenvalue weighted by Gasteiger charge is -2.26. The zero-order valence-electron chi connectivity index (χ0n) is 15.9. The Hall–Kier alpha value is -2.40. The maximum absolute atomic E-state index is 12.1. The molecule has 2 aromatic rings. The van der Waals surface area contributed by atoms with Gasteiger partial charge in [-0.1, -0.05) is 6.07 Å². The second-order valence-electron chi connectivity index (χ2n) is 7.32. The van der Waals surface area contributed by atoms with E-state index >= 15 is 0 Å². The van der Waals surface area contributed by atoms with Crippen molar-refractivity contribution in [1.82, 2.24) is 4.98 Å². The Kier molecular flexibility index (Phi) is 4.87. The molecule has 142 valence electrons. The van der Waals surface area contributed by atoms with Crippen LogP contribution in [0.3, 0.4) is 0 Å². The third kappa shape index (κ3) is 3.21. The summed E-state index contributed by atoms with van der Waals surface area (Å²) in [6, 6.07) is 6.18. The Balaban J connectivity index is 1.94. The van der Waals surface area contributed by atoms with Gasteiger partial charge in [0.05, 0.1) is 13.7 Å². The Morgan fingerprint density at radius 1 is 1.22 bits per heavy atom. The van der Waals surface area contributed by atoms with Crippen LogP contribution >= 0.6 is 0 Å². The molecule has 0 saturated carbocycles. The second-order valence-corrected chi connectivity index (χ2v) is 7.32. The Morgan fingerprint density at radius 3 is 2.85 bits per heavy atom. The standard InChI is InChI=1S/C22H25NO4/c1-13-19(21(24)22(25)26-2)20(16-7-3-4-8-17(16)23-13)15-9-10-18-14(12-15)6-5-11-27-18/h9-10,12,21,24H,3-8,11H2,1-2H3. The maximum Gasteiger partial charge on any atom is 0.339 e. The fourth-order valence-corrected chi connectivity index (χ4v) is 4.30. The number of esters is 1. The van der Waals surface area contributed by atoms with E-state index in [1.54, 1.807) is 0 Å². The topological polar surface area (TPSA) is 68.7 Å². The molecule has 0 saturated heterocycles. The Bertz CT molecular complexity index is 890. The predicted molar refractivity (Wildman–Crippen MR) is 102 cm³/mol. The van der Waals surface area contributed by atoms with E-state index < -0.39 is 12.1 Å². The van der Waals surface area contributed by atoms with Gasteiger partial charge in [0.15, 0.2) is 6.10 Å². The van der Waals surface area contributed by atoms with Gasteiger partial charge in [0.1, 0.15) is 5.75 Å². The highest BCUT2D eigenvalue weighted by Crippen LogP contribution is 2.40. The molecule has 1 aromatic heterocycles. The molecule has 27 heavy (non-hydrogen) atoms. The molecule has 2 aliphatic rings. The summed E-state index contributed by atoms with van der Waals surface area (Å²) in [5.41, 5.74) is 6.64. The zero-order valence-corrected chi connectivity index (χ0v) is 15.9. The minimum Gasteiger partial charge on any atom is -0.493 e. The van der Waals surface area contributed by atoms with E-state index in [0.29, 0.717) is 11.3 Å². The van der Waals surface area contributed by atoms with E-state index in [0.717, 1.165) is 73.3 Å². The molecule has 0 radical (unpaired) electrons. The van der Waals surface area contributed by atoms with Gasteiger partial charge in [0.2, 0.25) is 0 Å². The third-order valence-corrected chi connectivity index (χ3v) is 5.60. The van der Waals surface area contributed by atoms with Gasteiger partial charge in [-0.25, -0.2) is 4.79 Å². The first-order valence-electron chi connectivity index (χ1n) is 9.64. The van der Waals surface area contributed by atoms with Crippen LogP contribution in [0.25, 0.3) is 11.1 Å². The van der Waals surface area contributed by atoms with Crippen molar-refractivity contribution in [2.45, 2.75) is 51.6 Å². The largest absolute Gasteiger partial charge is 0.493 e. The highest BCUT2D eigenvalue weighted by molar-refractivity contribution is 5.83. The highest BCUT2D eigenvalue weighted by Gasteiger charge is 2.29. The van der Waals surface area contributed by atoms with Crippen molar-refractivity contribution in [2.24, 2.45) is 0 Å². The van der Waals surface area contributed by atoms with Crippen molar-refractivity contribution >= 4 is 5.97 Å². The van der Waals surface area contributed by atoms with Gasteiger partial charge in [0.25, 0.3) is 0 Å². The smallest absolute Gasteiger partial charge is 0.339 e. The molecule has 1 aliphatic carbocycles. The lowest BCUT2D eigenvalue weighted by molar-refractivity contribution is -0.150. The number of hydrogen-bond acceptors (Lipinski definition) is 5. The quantitative estimate of drug-likeness (QED) is 0.842. The number of fused-ring (bicyclic) bond motifs is 2. The zero-order chi connectivity index (χ0) is 19.0. The van der Waals surface area contributed by atoms with Crippen LogP contribution in [0, 0.1) is 6.92 Å². The normalized spacial score (nSPS) is 16.7. The SMILES string of the molecule is COC(=O)C(O)c1c(C)nc2c(c1-c1ccc3c(c1)CCCO3)CCCC2. The average molecular weight is 367 g/mol. The molecule has 2 heterocycles. The first-order chi connectivity index (χ1) is 13.1. The van der Waals surface area contributed by atoms with E-state index in [9.17, 15) is 9.90 Å². The molecule has 0 bridgehead atoms. The molecule has 1 unspecified atom stereocenters. The highest BCUT2D eigenvalue weighted by atomic mass is 16.5. The average Bonchev–Trinajstić information content (AvgIpc) is 2.71. The van der Waals surface area contributed by atoms with Gasteiger partial charge in [-0.15, -0.1) is 0 Å². The molecule has 1 aromatic carbocycles. The van der Waals surface area contributed by atoms with E-state index in [4.69, 9.17) is 14.5 Å². The van der Waals surface area contributed by atoms with E-state index in [1.165, 1.54) is 12.7 Å². The van der Waals surface area contributed by atoms with Crippen molar-refractivity contribution in [3.05, 3.63) is 46.3 Å². The number of hydrogen-bond donors (Lipinski definition) is 1. The molecular weight excluding hydrogens is 342 g/mol. The number of aliphatic hydroxyl groups is 1. The maximum atomic E-state index is 12.1. The van der Waals surface area contributed by atoms with Crippen LogP contribution in [0.1, 0.15) is 53.4 Å². The number of ether oxygens (including phenoxy) is 2. The third-order valence-electron chi connectivity index (χ3n) is 5.60. The number of carbonyl (C=O) groups is 1. The van der Waals surface area contributed by atoms with E-state index in [2.05, 4.69) is 6.07 Å². The van der Waals surface area contributed by atoms with Crippen LogP contribution in [0.15, 0.2) is 18.2 Å². The summed E-state index contributed by atoms with van der Waals surface area (Å²) >= 11 is 0. The lowest BCUT2D eigenvalue weighted by atomic mass is 9.83. The second kappa shape index (κ2) is 7.31. The molecule has 5 nitrogen and oxygen atoms in total. The van der Waals surface area contributed by atoms with Crippen molar-refractivity contribution in [1.29, 1.82) is 0 Å². The molecule has 4 rings (SSSR count). The summed E-state index contributed by atoms with van der Waals surface area (Å²) in [6.07, 6.45) is 4.70. The number of rotatable bonds is 3. The van der Waals surface area contributed by atoms with E-state index in [1.807, 2.05) is 19.1 Å². The van der Waals surface area contributed by atoms with Crippen LogP contribution in [-0.2, 0) is 28.8 Å².